The molecular formula is C32H28N2O4. The molecule has 1 atom stereocenters. The number of nitrogens with zero attached hydrogens (tertiary/aromatic N) is 2. The van der Waals surface area contributed by atoms with Gasteiger partial charge in [-0.25, -0.2) is 0 Å². The lowest BCUT2D eigenvalue weighted by Gasteiger charge is -2.25. The van der Waals surface area contributed by atoms with Crippen molar-refractivity contribution >= 4 is 23.1 Å². The molecule has 190 valence electrons. The summed E-state index contributed by atoms with van der Waals surface area (Å²) in [6.07, 6.45) is 3.24. The van der Waals surface area contributed by atoms with E-state index in [1.807, 2.05) is 69.3 Å². The molecule has 6 nitrogen and oxygen atoms in total. The summed E-state index contributed by atoms with van der Waals surface area (Å²) in [5, 5.41) is 11.4. The van der Waals surface area contributed by atoms with Crippen LogP contribution in [0.15, 0.2) is 96.8 Å². The normalized spacial score (nSPS) is 16.6. The molecule has 0 saturated carbocycles. The Morgan fingerprint density at radius 1 is 0.895 bits per heavy atom. The largest absolute Gasteiger partial charge is 0.507 e. The van der Waals surface area contributed by atoms with Gasteiger partial charge >= 0.3 is 0 Å². The van der Waals surface area contributed by atoms with Crippen LogP contribution in [0.5, 0.6) is 5.75 Å². The summed E-state index contributed by atoms with van der Waals surface area (Å²) in [6, 6.07) is 23.4. The molecule has 1 saturated heterocycles. The predicted molar refractivity (Wildman–Crippen MR) is 147 cm³/mol. The number of benzene rings is 3. The van der Waals surface area contributed by atoms with Crippen molar-refractivity contribution in [3.05, 3.63) is 130 Å². The number of ether oxygens (including phenoxy) is 1. The standard InChI is InChI=1S/C32H28N2O4/c1-20-11-13-26(17-21(20)2)34-29(25-10-7-15-33-18-25)28(31(36)32(34)37)30(35)24-12-14-27(22(3)16-24)38-19-23-8-5-4-6-9-23/h4-18,29,35H,19H2,1-3H3/b30-28+. The third-order valence-corrected chi connectivity index (χ3v) is 6.90. The molecular weight excluding hydrogens is 476 g/mol. The number of anilines is 1. The Balaban J connectivity index is 1.55. The zero-order valence-corrected chi connectivity index (χ0v) is 21.5. The maximum atomic E-state index is 13.4. The van der Waals surface area contributed by atoms with Crippen molar-refractivity contribution in [2.75, 3.05) is 4.90 Å². The summed E-state index contributed by atoms with van der Waals surface area (Å²) < 4.78 is 5.97. The quantitative estimate of drug-likeness (QED) is 0.192. The fourth-order valence-corrected chi connectivity index (χ4v) is 4.68. The molecule has 6 heteroatoms. The first-order valence-electron chi connectivity index (χ1n) is 12.4. The first-order valence-corrected chi connectivity index (χ1v) is 12.4. The van der Waals surface area contributed by atoms with Gasteiger partial charge in [0.05, 0.1) is 11.6 Å². The highest BCUT2D eigenvalue weighted by Crippen LogP contribution is 2.42. The summed E-state index contributed by atoms with van der Waals surface area (Å²) in [6.45, 7) is 6.23. The van der Waals surface area contributed by atoms with Gasteiger partial charge < -0.3 is 9.84 Å². The molecule has 38 heavy (non-hydrogen) atoms. The Morgan fingerprint density at radius 2 is 1.68 bits per heavy atom. The zero-order chi connectivity index (χ0) is 26.8. The minimum atomic E-state index is -0.819. The minimum absolute atomic E-state index is 0.0265. The van der Waals surface area contributed by atoms with Gasteiger partial charge in [-0.05, 0) is 85.0 Å². The van der Waals surface area contributed by atoms with E-state index in [4.69, 9.17) is 4.74 Å². The fraction of sp³-hybridized carbons (Fsp3) is 0.156. The average molecular weight is 505 g/mol. The number of ketones is 1. The molecule has 1 unspecified atom stereocenters. The van der Waals surface area contributed by atoms with Crippen LogP contribution in [0.1, 0.15) is 39.4 Å². The number of carbonyl (C=O) groups is 2. The first kappa shape index (κ1) is 25.0. The van der Waals surface area contributed by atoms with Gasteiger partial charge in [0.1, 0.15) is 18.1 Å². The third-order valence-electron chi connectivity index (χ3n) is 6.90. The lowest BCUT2D eigenvalue weighted by atomic mass is 9.95. The number of Topliss-reactive ketones (excluding diaryl/α,β-unsaturated/α-hetero) is 1. The molecule has 1 fully saturated rings. The first-order chi connectivity index (χ1) is 18.3. The number of aliphatic hydroxyl groups excluding tert-OH is 1. The number of hydrogen-bond donors (Lipinski definition) is 1. The van der Waals surface area contributed by atoms with Crippen LogP contribution in [0.25, 0.3) is 5.76 Å². The van der Waals surface area contributed by atoms with Crippen molar-refractivity contribution in [3.63, 3.8) is 0 Å². The third kappa shape index (κ3) is 4.68. The molecule has 2 heterocycles. The van der Waals surface area contributed by atoms with Crippen molar-refractivity contribution in [1.82, 2.24) is 4.98 Å². The number of aryl methyl sites for hydroxylation is 3. The van der Waals surface area contributed by atoms with Crippen LogP contribution in [0.4, 0.5) is 5.69 Å². The van der Waals surface area contributed by atoms with Crippen molar-refractivity contribution < 1.29 is 19.4 Å². The molecule has 5 rings (SSSR count). The Morgan fingerprint density at radius 3 is 2.37 bits per heavy atom. The van der Waals surface area contributed by atoms with Crippen molar-refractivity contribution in [1.29, 1.82) is 0 Å². The van der Waals surface area contributed by atoms with Crippen LogP contribution < -0.4 is 9.64 Å². The fourth-order valence-electron chi connectivity index (χ4n) is 4.68. The van der Waals surface area contributed by atoms with Gasteiger partial charge in [-0.3, -0.25) is 19.5 Å². The number of hydrogen-bond acceptors (Lipinski definition) is 5. The monoisotopic (exact) mass is 504 g/mol. The number of rotatable bonds is 6. The van der Waals surface area contributed by atoms with Crippen LogP contribution in [-0.2, 0) is 16.2 Å². The highest BCUT2D eigenvalue weighted by molar-refractivity contribution is 6.51. The maximum absolute atomic E-state index is 13.4. The van der Waals surface area contributed by atoms with E-state index in [9.17, 15) is 14.7 Å². The van der Waals surface area contributed by atoms with Crippen LogP contribution in [0.3, 0.4) is 0 Å². The van der Waals surface area contributed by atoms with E-state index in [2.05, 4.69) is 4.98 Å². The van der Waals surface area contributed by atoms with Gasteiger partial charge in [0.2, 0.25) is 0 Å². The Hall–Kier alpha value is -4.71. The number of aromatic nitrogens is 1. The molecule has 1 aliphatic heterocycles. The number of amides is 1. The molecule has 1 amide bonds. The van der Waals surface area contributed by atoms with Crippen LogP contribution in [0, 0.1) is 20.8 Å². The van der Waals surface area contributed by atoms with Gasteiger partial charge in [-0.2, -0.15) is 0 Å². The van der Waals surface area contributed by atoms with Crippen LogP contribution >= 0.6 is 0 Å². The summed E-state index contributed by atoms with van der Waals surface area (Å²) in [4.78, 5) is 32.4. The second kappa shape index (κ2) is 10.3. The summed E-state index contributed by atoms with van der Waals surface area (Å²) in [5.74, 6) is -0.995. The second-order valence-corrected chi connectivity index (χ2v) is 9.48. The maximum Gasteiger partial charge on any atom is 0.300 e. The zero-order valence-electron chi connectivity index (χ0n) is 21.5. The van der Waals surface area contributed by atoms with E-state index in [1.54, 1.807) is 42.7 Å². The molecule has 0 bridgehead atoms. The predicted octanol–water partition coefficient (Wildman–Crippen LogP) is 6.21. The van der Waals surface area contributed by atoms with Crippen molar-refractivity contribution in [2.45, 2.75) is 33.4 Å². The number of aliphatic hydroxyl groups is 1. The SMILES string of the molecule is Cc1ccc(N2C(=O)C(=O)/C(=C(/O)c3ccc(OCc4ccccc4)c(C)c3)C2c2cccnc2)cc1C. The Labute approximate surface area is 221 Å². The molecule has 0 aliphatic carbocycles. The minimum Gasteiger partial charge on any atom is -0.507 e. The number of pyridine rings is 1. The van der Waals surface area contributed by atoms with Gasteiger partial charge in [0, 0.05) is 23.6 Å². The highest BCUT2D eigenvalue weighted by atomic mass is 16.5. The lowest BCUT2D eigenvalue weighted by Crippen LogP contribution is -2.29. The summed E-state index contributed by atoms with van der Waals surface area (Å²) in [7, 11) is 0. The van der Waals surface area contributed by atoms with Crippen LogP contribution in [-0.4, -0.2) is 21.8 Å². The highest BCUT2D eigenvalue weighted by Gasteiger charge is 2.47. The lowest BCUT2D eigenvalue weighted by molar-refractivity contribution is -0.132. The van der Waals surface area contributed by atoms with Crippen molar-refractivity contribution in [3.8, 4) is 5.75 Å². The summed E-state index contributed by atoms with van der Waals surface area (Å²) >= 11 is 0. The van der Waals surface area contributed by atoms with Gasteiger partial charge in [-0.15, -0.1) is 0 Å². The molecule has 3 aromatic carbocycles. The van der Waals surface area contributed by atoms with E-state index in [0.29, 0.717) is 29.2 Å². The van der Waals surface area contributed by atoms with E-state index in [1.165, 1.54) is 4.90 Å². The molecule has 1 N–H and O–H groups in total. The molecule has 1 aliphatic rings. The molecule has 1 aromatic heterocycles. The van der Waals surface area contributed by atoms with E-state index < -0.39 is 17.7 Å². The van der Waals surface area contributed by atoms with E-state index in [-0.39, 0.29) is 11.3 Å². The van der Waals surface area contributed by atoms with E-state index in [0.717, 1.165) is 22.3 Å². The average Bonchev–Trinajstić information content (AvgIpc) is 3.20. The molecule has 4 aromatic rings. The van der Waals surface area contributed by atoms with E-state index >= 15 is 0 Å². The van der Waals surface area contributed by atoms with Crippen molar-refractivity contribution in [2.24, 2.45) is 0 Å². The van der Waals surface area contributed by atoms with Gasteiger partial charge in [-0.1, -0.05) is 42.5 Å². The topological polar surface area (TPSA) is 79.7 Å². The van der Waals surface area contributed by atoms with Crippen LogP contribution in [0.2, 0.25) is 0 Å². The second-order valence-electron chi connectivity index (χ2n) is 9.48. The summed E-state index contributed by atoms with van der Waals surface area (Å²) in [5.41, 5.74) is 5.59. The Kier molecular flexibility index (Phi) is 6.79. The number of carbonyl (C=O) groups excluding carboxylic acids is 2. The molecule has 0 spiro atoms. The Bertz CT molecular complexity index is 1540. The molecule has 0 radical (unpaired) electrons. The van der Waals surface area contributed by atoms with Gasteiger partial charge in [0.15, 0.2) is 0 Å². The van der Waals surface area contributed by atoms with Gasteiger partial charge in [0.25, 0.3) is 11.7 Å². The smallest absolute Gasteiger partial charge is 0.300 e.